The third-order valence-corrected chi connectivity index (χ3v) is 4.50. The van der Waals surface area contributed by atoms with Crippen molar-refractivity contribution >= 4 is 19.9 Å². The maximum atomic E-state index is 11.3. The molecule has 0 rings (SSSR count). The smallest absolute Gasteiger partial charge is 0.215 e. The van der Waals surface area contributed by atoms with Gasteiger partial charge in [-0.25, -0.2) is 16.8 Å². The van der Waals surface area contributed by atoms with E-state index in [4.69, 9.17) is 6.42 Å². The summed E-state index contributed by atoms with van der Waals surface area (Å²) in [5, 5.41) is 0. The maximum Gasteiger partial charge on any atom is 0.215 e. The molecule has 14 heavy (non-hydrogen) atoms. The molecule has 0 spiro atoms. The highest BCUT2D eigenvalue weighted by atomic mass is 32.2. The molecule has 82 valence electrons. The molecule has 0 bridgehead atoms. The van der Waals surface area contributed by atoms with E-state index in [0.717, 1.165) is 10.6 Å². The van der Waals surface area contributed by atoms with Crippen LogP contribution in [-0.2, 0) is 19.9 Å². The van der Waals surface area contributed by atoms with E-state index in [1.54, 1.807) is 0 Å². The average Bonchev–Trinajstić information content (AvgIpc) is 2.00. The van der Waals surface area contributed by atoms with Gasteiger partial charge < -0.3 is 0 Å². The molecule has 5 nitrogen and oxygen atoms in total. The Labute approximate surface area is 85.1 Å². The SMILES string of the molecule is C#CCN(C)S(=O)(=O)CCS(C)(=O)=O. The maximum absolute atomic E-state index is 11.3. The summed E-state index contributed by atoms with van der Waals surface area (Å²) >= 11 is 0. The average molecular weight is 239 g/mol. The van der Waals surface area contributed by atoms with Gasteiger partial charge in [-0.2, -0.15) is 4.31 Å². The van der Waals surface area contributed by atoms with Crippen LogP contribution in [0, 0.1) is 12.3 Å². The summed E-state index contributed by atoms with van der Waals surface area (Å²) in [6.45, 7) is -0.0495. The van der Waals surface area contributed by atoms with Gasteiger partial charge in [0.15, 0.2) is 0 Å². The zero-order chi connectivity index (χ0) is 11.4. The fourth-order valence-corrected chi connectivity index (χ4v) is 3.28. The standard InChI is InChI=1S/C7H13NO4S2/c1-4-5-8(2)14(11,12)7-6-13(3,9)10/h1H,5-7H2,2-3H3. The van der Waals surface area contributed by atoms with Crippen LogP contribution >= 0.6 is 0 Å². The van der Waals surface area contributed by atoms with Crippen LogP contribution in [0.3, 0.4) is 0 Å². The Kier molecular flexibility index (Phi) is 4.58. The predicted octanol–water partition coefficient (Wildman–Crippen LogP) is -1.07. The van der Waals surface area contributed by atoms with Gasteiger partial charge in [0.2, 0.25) is 10.0 Å². The lowest BCUT2D eigenvalue weighted by molar-refractivity contribution is 0.504. The molecule has 0 aliphatic carbocycles. The van der Waals surface area contributed by atoms with E-state index in [2.05, 4.69) is 5.92 Å². The molecule has 0 aliphatic rings. The number of rotatable bonds is 5. The summed E-state index contributed by atoms with van der Waals surface area (Å²) in [6, 6.07) is 0. The highest BCUT2D eigenvalue weighted by molar-refractivity contribution is 7.93. The van der Waals surface area contributed by atoms with Crippen LogP contribution in [0.5, 0.6) is 0 Å². The van der Waals surface area contributed by atoms with Crippen molar-refractivity contribution in [2.24, 2.45) is 0 Å². The molecular weight excluding hydrogens is 226 g/mol. The Morgan fingerprint density at radius 1 is 1.21 bits per heavy atom. The fourth-order valence-electron chi connectivity index (χ4n) is 0.639. The van der Waals surface area contributed by atoms with Crippen LogP contribution in [0.15, 0.2) is 0 Å². The summed E-state index contributed by atoms with van der Waals surface area (Å²) in [5.41, 5.74) is 0. The van der Waals surface area contributed by atoms with Gasteiger partial charge in [-0.1, -0.05) is 5.92 Å². The quantitative estimate of drug-likeness (QED) is 0.572. The van der Waals surface area contributed by atoms with Gasteiger partial charge in [0.05, 0.1) is 18.1 Å². The van der Waals surface area contributed by atoms with Crippen LogP contribution in [0.1, 0.15) is 0 Å². The van der Waals surface area contributed by atoms with Crippen molar-refractivity contribution in [2.45, 2.75) is 0 Å². The number of sulfone groups is 1. The first-order valence-electron chi connectivity index (χ1n) is 3.74. The molecule has 0 unspecified atom stereocenters. The second-order valence-corrected chi connectivity index (χ2v) is 7.36. The minimum absolute atomic E-state index is 0.0495. The second kappa shape index (κ2) is 4.77. The van der Waals surface area contributed by atoms with E-state index in [-0.39, 0.29) is 12.3 Å². The van der Waals surface area contributed by atoms with Gasteiger partial charge >= 0.3 is 0 Å². The van der Waals surface area contributed by atoms with Gasteiger partial charge in [0, 0.05) is 13.3 Å². The third-order valence-electron chi connectivity index (χ3n) is 1.50. The van der Waals surface area contributed by atoms with E-state index in [9.17, 15) is 16.8 Å². The Morgan fingerprint density at radius 2 is 1.71 bits per heavy atom. The molecule has 0 aliphatic heterocycles. The molecule has 0 saturated carbocycles. The van der Waals surface area contributed by atoms with Gasteiger partial charge in [0.25, 0.3) is 0 Å². The molecule has 0 heterocycles. The number of sulfonamides is 1. The lowest BCUT2D eigenvalue weighted by atomic mass is 10.7. The minimum atomic E-state index is -3.54. The Balaban J connectivity index is 4.46. The first-order chi connectivity index (χ1) is 6.19. The highest BCUT2D eigenvalue weighted by Gasteiger charge is 2.18. The summed E-state index contributed by atoms with van der Waals surface area (Å²) < 4.78 is 45.1. The van der Waals surface area contributed by atoms with E-state index >= 15 is 0 Å². The van der Waals surface area contributed by atoms with Gasteiger partial charge in [-0.3, -0.25) is 0 Å². The van der Waals surface area contributed by atoms with Gasteiger partial charge in [-0.05, 0) is 0 Å². The molecule has 0 radical (unpaired) electrons. The number of hydrogen-bond donors (Lipinski definition) is 0. The van der Waals surface area contributed by atoms with E-state index in [1.807, 2.05) is 0 Å². The van der Waals surface area contributed by atoms with Crippen molar-refractivity contribution in [3.63, 3.8) is 0 Å². The number of nitrogens with zero attached hydrogens (tertiary/aromatic N) is 1. The Bertz CT molecular complexity index is 415. The summed E-state index contributed by atoms with van der Waals surface area (Å²) in [4.78, 5) is 0. The molecule has 0 fully saturated rings. The van der Waals surface area contributed by atoms with Crippen molar-refractivity contribution < 1.29 is 16.8 Å². The zero-order valence-electron chi connectivity index (χ0n) is 8.10. The van der Waals surface area contributed by atoms with E-state index in [0.29, 0.717) is 0 Å². The molecular formula is C7H13NO4S2. The monoisotopic (exact) mass is 239 g/mol. The van der Waals surface area contributed by atoms with Gasteiger partial charge in [0.1, 0.15) is 9.84 Å². The normalized spacial score (nSPS) is 12.7. The number of hydrogen-bond acceptors (Lipinski definition) is 4. The highest BCUT2D eigenvalue weighted by Crippen LogP contribution is 1.98. The third kappa shape index (κ3) is 5.21. The minimum Gasteiger partial charge on any atom is -0.229 e. The van der Waals surface area contributed by atoms with Crippen LogP contribution in [-0.4, -0.2) is 52.5 Å². The van der Waals surface area contributed by atoms with Crippen molar-refractivity contribution in [3.05, 3.63) is 0 Å². The summed E-state index contributed by atoms with van der Waals surface area (Å²) in [5.74, 6) is 1.36. The molecule has 0 aromatic rings. The molecule has 0 amide bonds. The first-order valence-corrected chi connectivity index (χ1v) is 7.41. The predicted molar refractivity (Wildman–Crippen MR) is 55.0 cm³/mol. The fraction of sp³-hybridized carbons (Fsp3) is 0.714. The molecule has 0 aromatic heterocycles. The summed E-state index contributed by atoms with van der Waals surface area (Å²) in [6.07, 6.45) is 5.92. The van der Waals surface area contributed by atoms with Gasteiger partial charge in [-0.15, -0.1) is 6.42 Å². The summed E-state index contributed by atoms with van der Waals surface area (Å²) in [7, 11) is -5.49. The molecule has 7 heteroatoms. The molecule has 0 saturated heterocycles. The van der Waals surface area contributed by atoms with Crippen molar-refractivity contribution in [3.8, 4) is 12.3 Å². The van der Waals surface area contributed by atoms with E-state index in [1.165, 1.54) is 7.05 Å². The van der Waals surface area contributed by atoms with Crippen molar-refractivity contribution in [1.29, 1.82) is 0 Å². The Hall–Kier alpha value is -0.580. The molecule has 0 aromatic carbocycles. The number of terminal acetylenes is 1. The van der Waals surface area contributed by atoms with Crippen molar-refractivity contribution in [1.82, 2.24) is 4.31 Å². The van der Waals surface area contributed by atoms with Crippen LogP contribution in [0.4, 0.5) is 0 Å². The zero-order valence-corrected chi connectivity index (χ0v) is 9.73. The lowest BCUT2D eigenvalue weighted by Gasteiger charge is -2.13. The lowest BCUT2D eigenvalue weighted by Crippen LogP contribution is -2.32. The molecule has 0 N–H and O–H groups in total. The largest absolute Gasteiger partial charge is 0.229 e. The second-order valence-electron chi connectivity index (χ2n) is 2.91. The Morgan fingerprint density at radius 3 is 2.07 bits per heavy atom. The van der Waals surface area contributed by atoms with Crippen LogP contribution < -0.4 is 0 Å². The van der Waals surface area contributed by atoms with Crippen LogP contribution in [0.25, 0.3) is 0 Å². The topological polar surface area (TPSA) is 71.5 Å². The van der Waals surface area contributed by atoms with Crippen molar-refractivity contribution in [2.75, 3.05) is 31.4 Å². The molecule has 0 atom stereocenters. The first kappa shape index (κ1) is 13.4. The van der Waals surface area contributed by atoms with Crippen LogP contribution in [0.2, 0.25) is 0 Å². The van der Waals surface area contributed by atoms with E-state index < -0.39 is 25.6 Å².